The number of fused-ring (bicyclic) bond motifs is 1. The number of esters is 1. The molecule has 8 nitrogen and oxygen atoms in total. The van der Waals surface area contributed by atoms with Gasteiger partial charge in [-0.3, -0.25) is 23.7 Å². The zero-order valence-electron chi connectivity index (χ0n) is 25.1. The lowest BCUT2D eigenvalue weighted by atomic mass is 10.1. The molecule has 3 rings (SSSR count). The van der Waals surface area contributed by atoms with E-state index in [0.29, 0.717) is 30.1 Å². The molecule has 1 atom stereocenters. The number of para-hydroxylation sites is 1. The second-order valence-corrected chi connectivity index (χ2v) is 11.1. The fourth-order valence-corrected chi connectivity index (χ4v) is 5.21. The van der Waals surface area contributed by atoms with Gasteiger partial charge in [0.2, 0.25) is 5.91 Å². The lowest BCUT2D eigenvalue weighted by Crippen LogP contribution is -2.39. The lowest BCUT2D eigenvalue weighted by molar-refractivity contribution is -0.158. The van der Waals surface area contributed by atoms with Crippen LogP contribution in [0.5, 0.6) is 0 Å². The van der Waals surface area contributed by atoms with Gasteiger partial charge in [0.15, 0.2) is 6.10 Å². The summed E-state index contributed by atoms with van der Waals surface area (Å²) in [5.74, 6) is -0.877. The molecule has 0 spiro atoms. The lowest BCUT2D eigenvalue weighted by Gasteiger charge is -2.23. The third-order valence-corrected chi connectivity index (χ3v) is 7.65. The predicted octanol–water partition coefficient (Wildman–Crippen LogP) is 6.09. The van der Waals surface area contributed by atoms with Crippen LogP contribution in [0.25, 0.3) is 10.9 Å². The number of likely N-dealkylation sites (N-methyl/N-ethyl adjacent to an activating group) is 1. The smallest absolute Gasteiger partial charge is 0.303 e. The minimum absolute atomic E-state index is 0.101. The Bertz CT molecular complexity index is 1380. The van der Waals surface area contributed by atoms with Crippen LogP contribution in [0.3, 0.4) is 0 Å². The number of benzene rings is 2. The van der Waals surface area contributed by atoms with Gasteiger partial charge in [0, 0.05) is 48.7 Å². The van der Waals surface area contributed by atoms with Gasteiger partial charge in [-0.25, -0.2) is 0 Å². The molecule has 0 aliphatic heterocycles. The number of unbranched alkanes of at least 4 members (excludes halogenated alkanes) is 4. The number of nitrogens with zero attached hydrogens (tertiary/aromatic N) is 2. The molecule has 1 N–H and O–H groups in total. The van der Waals surface area contributed by atoms with E-state index >= 15 is 0 Å². The standard InChI is InChI=1S/C33H42ClN3O5/c1-5-6-21-36(4)33(41)30(42-24(3)38)15-9-7-8-12-20-35-31(39)22-28-23(2)37(29-14-11-10-13-27(28)29)32(40)25-16-18-26(34)19-17-25/h10-11,13-14,16-19,30H,5-9,12,15,20-22H2,1-4H3,(H,35,39). The topological polar surface area (TPSA) is 97.7 Å². The first-order chi connectivity index (χ1) is 20.1. The quantitative estimate of drug-likeness (QED) is 0.169. The Kier molecular flexibility index (Phi) is 12.6. The zero-order valence-corrected chi connectivity index (χ0v) is 25.8. The van der Waals surface area contributed by atoms with Crippen LogP contribution in [0, 0.1) is 6.92 Å². The molecule has 2 aromatic carbocycles. The van der Waals surface area contributed by atoms with Crippen molar-refractivity contribution in [3.63, 3.8) is 0 Å². The summed E-state index contributed by atoms with van der Waals surface area (Å²) in [7, 11) is 1.74. The van der Waals surface area contributed by atoms with Crippen LogP contribution >= 0.6 is 11.6 Å². The van der Waals surface area contributed by atoms with Crippen molar-refractivity contribution in [1.82, 2.24) is 14.8 Å². The van der Waals surface area contributed by atoms with Crippen molar-refractivity contribution < 1.29 is 23.9 Å². The maximum absolute atomic E-state index is 13.4. The van der Waals surface area contributed by atoms with Crippen LogP contribution in [-0.2, 0) is 25.5 Å². The molecule has 0 bridgehead atoms. The maximum Gasteiger partial charge on any atom is 0.303 e. The fourth-order valence-electron chi connectivity index (χ4n) is 5.08. The Hall–Kier alpha value is -3.65. The molecule has 2 amide bonds. The van der Waals surface area contributed by atoms with Crippen molar-refractivity contribution in [3.8, 4) is 0 Å². The highest BCUT2D eigenvalue weighted by Gasteiger charge is 2.24. The molecule has 1 aromatic heterocycles. The summed E-state index contributed by atoms with van der Waals surface area (Å²) >= 11 is 6.00. The van der Waals surface area contributed by atoms with Gasteiger partial charge in [-0.2, -0.15) is 0 Å². The summed E-state index contributed by atoms with van der Waals surface area (Å²) in [5.41, 5.74) is 2.85. The second kappa shape index (κ2) is 16.1. The summed E-state index contributed by atoms with van der Waals surface area (Å²) in [5, 5.41) is 4.44. The zero-order chi connectivity index (χ0) is 30.6. The number of halogens is 1. The average Bonchev–Trinajstić information content (AvgIpc) is 3.24. The molecular formula is C33H42ClN3O5. The highest BCUT2D eigenvalue weighted by Crippen LogP contribution is 2.27. The van der Waals surface area contributed by atoms with E-state index < -0.39 is 12.1 Å². The van der Waals surface area contributed by atoms with Gasteiger partial charge < -0.3 is 15.0 Å². The number of carbonyl (C=O) groups excluding carboxylic acids is 4. The van der Waals surface area contributed by atoms with Gasteiger partial charge in [-0.05, 0) is 68.5 Å². The number of nitrogens with one attached hydrogen (secondary N) is 1. The highest BCUT2D eigenvalue weighted by molar-refractivity contribution is 6.30. The van der Waals surface area contributed by atoms with Gasteiger partial charge in [0.05, 0.1) is 11.9 Å². The molecule has 1 unspecified atom stereocenters. The number of rotatable bonds is 15. The number of ether oxygens (including phenoxy) is 1. The first kappa shape index (κ1) is 32.9. The largest absolute Gasteiger partial charge is 0.452 e. The van der Waals surface area contributed by atoms with E-state index in [4.69, 9.17) is 16.3 Å². The number of hydrogen-bond acceptors (Lipinski definition) is 5. The monoisotopic (exact) mass is 595 g/mol. The maximum atomic E-state index is 13.4. The Morgan fingerprint density at radius 3 is 2.36 bits per heavy atom. The van der Waals surface area contributed by atoms with Crippen LogP contribution in [-0.4, -0.2) is 59.4 Å². The molecule has 0 radical (unpaired) electrons. The SMILES string of the molecule is CCCCN(C)C(=O)C(CCCCCCNC(=O)Cc1c(C)n(C(=O)c2ccc(Cl)cc2)c2ccccc12)OC(C)=O. The number of aromatic nitrogens is 1. The summed E-state index contributed by atoms with van der Waals surface area (Å²) in [6.45, 7) is 6.44. The van der Waals surface area contributed by atoms with Crippen LogP contribution in [0.1, 0.15) is 80.4 Å². The number of amides is 2. The van der Waals surface area contributed by atoms with E-state index in [9.17, 15) is 19.2 Å². The number of carbonyl (C=O) groups is 4. The summed E-state index contributed by atoms with van der Waals surface area (Å²) in [4.78, 5) is 52.1. The van der Waals surface area contributed by atoms with E-state index in [2.05, 4.69) is 12.2 Å². The van der Waals surface area contributed by atoms with E-state index in [0.717, 1.165) is 60.7 Å². The molecule has 0 fully saturated rings. The normalized spacial score (nSPS) is 11.7. The van der Waals surface area contributed by atoms with E-state index in [1.54, 1.807) is 40.8 Å². The van der Waals surface area contributed by atoms with Crippen molar-refractivity contribution >= 4 is 46.2 Å². The van der Waals surface area contributed by atoms with Crippen molar-refractivity contribution in [2.24, 2.45) is 0 Å². The molecule has 0 aliphatic rings. The van der Waals surface area contributed by atoms with Crippen LogP contribution < -0.4 is 5.32 Å². The summed E-state index contributed by atoms with van der Waals surface area (Å²) in [6, 6.07) is 14.4. The van der Waals surface area contributed by atoms with Crippen LogP contribution in [0.15, 0.2) is 48.5 Å². The van der Waals surface area contributed by atoms with E-state index in [1.807, 2.05) is 31.2 Å². The van der Waals surface area contributed by atoms with Crippen molar-refractivity contribution in [2.45, 2.75) is 78.2 Å². The Morgan fingerprint density at radius 2 is 1.67 bits per heavy atom. The molecule has 0 saturated heterocycles. The van der Waals surface area contributed by atoms with Crippen LogP contribution in [0.4, 0.5) is 0 Å². The molecule has 42 heavy (non-hydrogen) atoms. The number of hydrogen-bond donors (Lipinski definition) is 1. The summed E-state index contributed by atoms with van der Waals surface area (Å²) in [6.07, 6.45) is 5.08. The minimum Gasteiger partial charge on any atom is -0.452 e. The van der Waals surface area contributed by atoms with Gasteiger partial charge in [-0.15, -0.1) is 0 Å². The van der Waals surface area contributed by atoms with Gasteiger partial charge >= 0.3 is 5.97 Å². The Labute approximate surface area is 253 Å². The highest BCUT2D eigenvalue weighted by atomic mass is 35.5. The molecule has 0 aliphatic carbocycles. The predicted molar refractivity (Wildman–Crippen MR) is 166 cm³/mol. The van der Waals surface area contributed by atoms with E-state index in [1.165, 1.54) is 6.92 Å². The van der Waals surface area contributed by atoms with Crippen molar-refractivity contribution in [2.75, 3.05) is 20.1 Å². The van der Waals surface area contributed by atoms with Gasteiger partial charge in [0.25, 0.3) is 11.8 Å². The van der Waals surface area contributed by atoms with Crippen LogP contribution in [0.2, 0.25) is 5.02 Å². The molecular weight excluding hydrogens is 554 g/mol. The molecule has 9 heteroatoms. The molecule has 3 aromatic rings. The first-order valence-corrected chi connectivity index (χ1v) is 15.1. The minimum atomic E-state index is -0.749. The third kappa shape index (κ3) is 8.92. The van der Waals surface area contributed by atoms with Crippen molar-refractivity contribution in [3.05, 3.63) is 70.4 Å². The Morgan fingerprint density at radius 1 is 0.976 bits per heavy atom. The van der Waals surface area contributed by atoms with E-state index in [-0.39, 0.29) is 24.1 Å². The average molecular weight is 596 g/mol. The third-order valence-electron chi connectivity index (χ3n) is 7.40. The summed E-state index contributed by atoms with van der Waals surface area (Å²) < 4.78 is 6.96. The fraction of sp³-hybridized carbons (Fsp3) is 0.455. The molecule has 226 valence electrons. The van der Waals surface area contributed by atoms with Gasteiger partial charge in [0.1, 0.15) is 0 Å². The molecule has 0 saturated carbocycles. The first-order valence-electron chi connectivity index (χ1n) is 14.7. The van der Waals surface area contributed by atoms with Crippen molar-refractivity contribution in [1.29, 1.82) is 0 Å². The molecule has 1 heterocycles. The Balaban J connectivity index is 1.50. The van der Waals surface area contributed by atoms with Gasteiger partial charge in [-0.1, -0.05) is 56.0 Å². The second-order valence-electron chi connectivity index (χ2n) is 10.7.